The lowest BCUT2D eigenvalue weighted by Gasteiger charge is -2.32. The Labute approximate surface area is 113 Å². The Morgan fingerprint density at radius 3 is 2.22 bits per heavy atom. The number of rotatable bonds is 7. The minimum Gasteiger partial charge on any atom is -0.381 e. The van der Waals surface area contributed by atoms with Gasteiger partial charge < -0.3 is 15.0 Å². The zero-order valence-corrected chi connectivity index (χ0v) is 12.9. The number of ether oxygens (including phenoxy) is 1. The predicted octanol–water partition coefficient (Wildman–Crippen LogP) is 2.51. The van der Waals surface area contributed by atoms with Crippen molar-refractivity contribution in [2.75, 3.05) is 27.7 Å². The normalized spacial score (nSPS) is 26.8. The van der Waals surface area contributed by atoms with Gasteiger partial charge in [-0.25, -0.2) is 0 Å². The van der Waals surface area contributed by atoms with Crippen LogP contribution in [0.2, 0.25) is 0 Å². The number of hydrogen-bond acceptors (Lipinski definition) is 3. The van der Waals surface area contributed by atoms with Crippen LogP contribution in [0.5, 0.6) is 0 Å². The lowest BCUT2D eigenvalue weighted by atomic mass is 9.92. The van der Waals surface area contributed by atoms with Crippen molar-refractivity contribution < 1.29 is 4.74 Å². The van der Waals surface area contributed by atoms with E-state index in [9.17, 15) is 0 Å². The van der Waals surface area contributed by atoms with E-state index in [0.717, 1.165) is 12.5 Å². The fourth-order valence-electron chi connectivity index (χ4n) is 2.83. The van der Waals surface area contributed by atoms with Crippen molar-refractivity contribution in [3.63, 3.8) is 0 Å². The van der Waals surface area contributed by atoms with Crippen molar-refractivity contribution in [1.82, 2.24) is 10.2 Å². The van der Waals surface area contributed by atoms with Gasteiger partial charge in [0, 0.05) is 25.7 Å². The Morgan fingerprint density at radius 2 is 1.78 bits per heavy atom. The van der Waals surface area contributed by atoms with Gasteiger partial charge in [-0.15, -0.1) is 0 Å². The molecule has 0 aromatic rings. The Balaban J connectivity index is 2.26. The van der Waals surface area contributed by atoms with Gasteiger partial charge in [0.15, 0.2) is 0 Å². The largest absolute Gasteiger partial charge is 0.381 e. The molecule has 108 valence electrons. The number of nitrogens with zero attached hydrogens (tertiary/aromatic N) is 1. The summed E-state index contributed by atoms with van der Waals surface area (Å²) in [5, 5.41) is 3.76. The molecule has 1 saturated carbocycles. The van der Waals surface area contributed by atoms with Crippen LogP contribution in [0.4, 0.5) is 0 Å². The van der Waals surface area contributed by atoms with Crippen molar-refractivity contribution in [3.05, 3.63) is 0 Å². The standard InChI is InChI=1S/C15H32N2O/c1-12(2)10-14(17(3)4)11-16-13-6-8-15(18-5)9-7-13/h12-16H,6-11H2,1-5H3. The fraction of sp³-hybridized carbons (Fsp3) is 1.00. The molecule has 0 amide bonds. The first kappa shape index (κ1) is 15.9. The topological polar surface area (TPSA) is 24.5 Å². The maximum Gasteiger partial charge on any atom is 0.0572 e. The third-order valence-electron chi connectivity index (χ3n) is 4.12. The molecule has 3 heteroatoms. The number of hydrogen-bond donors (Lipinski definition) is 1. The average molecular weight is 256 g/mol. The zero-order chi connectivity index (χ0) is 13.5. The van der Waals surface area contributed by atoms with Gasteiger partial charge in [-0.2, -0.15) is 0 Å². The van der Waals surface area contributed by atoms with Crippen molar-refractivity contribution in [2.24, 2.45) is 5.92 Å². The molecule has 0 aliphatic heterocycles. The summed E-state index contributed by atoms with van der Waals surface area (Å²) in [4.78, 5) is 2.35. The van der Waals surface area contributed by atoms with E-state index in [4.69, 9.17) is 4.74 Å². The fourth-order valence-corrected chi connectivity index (χ4v) is 2.83. The van der Waals surface area contributed by atoms with Gasteiger partial charge in [0.1, 0.15) is 0 Å². The van der Waals surface area contributed by atoms with Crippen LogP contribution in [0.15, 0.2) is 0 Å². The monoisotopic (exact) mass is 256 g/mol. The van der Waals surface area contributed by atoms with Gasteiger partial charge in [-0.3, -0.25) is 0 Å². The van der Waals surface area contributed by atoms with E-state index in [2.05, 4.69) is 38.2 Å². The summed E-state index contributed by atoms with van der Waals surface area (Å²) in [7, 11) is 6.22. The molecule has 1 aliphatic carbocycles. The van der Waals surface area contributed by atoms with Gasteiger partial charge in [0.05, 0.1) is 6.10 Å². The summed E-state index contributed by atoms with van der Waals surface area (Å²) in [6, 6.07) is 1.36. The minimum atomic E-state index is 0.503. The molecule has 0 radical (unpaired) electrons. The lowest BCUT2D eigenvalue weighted by Crippen LogP contribution is -2.44. The molecular weight excluding hydrogens is 224 g/mol. The molecule has 1 N–H and O–H groups in total. The summed E-state index contributed by atoms with van der Waals surface area (Å²) in [6.07, 6.45) is 6.73. The maximum absolute atomic E-state index is 5.42. The minimum absolute atomic E-state index is 0.503. The Kier molecular flexibility index (Phi) is 7.20. The molecule has 0 spiro atoms. The molecule has 18 heavy (non-hydrogen) atoms. The summed E-state index contributed by atoms with van der Waals surface area (Å²) < 4.78 is 5.42. The third kappa shape index (κ3) is 5.68. The molecule has 0 aromatic carbocycles. The van der Waals surface area contributed by atoms with E-state index < -0.39 is 0 Å². The zero-order valence-electron chi connectivity index (χ0n) is 12.9. The van der Waals surface area contributed by atoms with Crippen molar-refractivity contribution in [3.8, 4) is 0 Å². The van der Waals surface area contributed by atoms with Crippen LogP contribution in [-0.2, 0) is 4.74 Å². The molecule has 1 fully saturated rings. The molecule has 0 bridgehead atoms. The van der Waals surface area contributed by atoms with E-state index in [0.29, 0.717) is 18.2 Å². The molecule has 3 nitrogen and oxygen atoms in total. The number of likely N-dealkylation sites (N-methyl/N-ethyl adjacent to an activating group) is 1. The molecule has 0 aromatic heterocycles. The van der Waals surface area contributed by atoms with Crippen LogP contribution in [0, 0.1) is 5.92 Å². The Bertz CT molecular complexity index is 211. The van der Waals surface area contributed by atoms with Crippen molar-refractivity contribution >= 4 is 0 Å². The summed E-state index contributed by atoms with van der Waals surface area (Å²) in [5.74, 6) is 0.767. The summed E-state index contributed by atoms with van der Waals surface area (Å²) in [6.45, 7) is 5.73. The molecule has 1 rings (SSSR count). The van der Waals surface area contributed by atoms with Crippen LogP contribution in [0.25, 0.3) is 0 Å². The van der Waals surface area contributed by atoms with Gasteiger partial charge >= 0.3 is 0 Å². The second-order valence-electron chi connectivity index (χ2n) is 6.36. The highest BCUT2D eigenvalue weighted by molar-refractivity contribution is 4.80. The molecule has 0 heterocycles. The molecule has 1 aliphatic rings. The molecular formula is C15H32N2O. The van der Waals surface area contributed by atoms with E-state index >= 15 is 0 Å². The van der Waals surface area contributed by atoms with Crippen LogP contribution in [0.1, 0.15) is 46.0 Å². The summed E-state index contributed by atoms with van der Waals surface area (Å²) in [5.41, 5.74) is 0. The van der Waals surface area contributed by atoms with Crippen molar-refractivity contribution in [2.45, 2.75) is 64.1 Å². The maximum atomic E-state index is 5.42. The Hall–Kier alpha value is -0.120. The average Bonchev–Trinajstić information content (AvgIpc) is 2.34. The van der Waals surface area contributed by atoms with Crippen LogP contribution < -0.4 is 5.32 Å². The predicted molar refractivity (Wildman–Crippen MR) is 78.0 cm³/mol. The van der Waals surface area contributed by atoms with Crippen LogP contribution in [-0.4, -0.2) is 50.8 Å². The first-order valence-corrected chi connectivity index (χ1v) is 7.45. The second-order valence-corrected chi connectivity index (χ2v) is 6.36. The summed E-state index contributed by atoms with van der Waals surface area (Å²) >= 11 is 0. The van der Waals surface area contributed by atoms with E-state index in [1.165, 1.54) is 32.1 Å². The Morgan fingerprint density at radius 1 is 1.17 bits per heavy atom. The van der Waals surface area contributed by atoms with Gasteiger partial charge in [0.2, 0.25) is 0 Å². The van der Waals surface area contributed by atoms with E-state index in [-0.39, 0.29) is 0 Å². The molecule has 1 unspecified atom stereocenters. The lowest BCUT2D eigenvalue weighted by molar-refractivity contribution is 0.0615. The third-order valence-corrected chi connectivity index (χ3v) is 4.12. The highest BCUT2D eigenvalue weighted by Crippen LogP contribution is 2.20. The van der Waals surface area contributed by atoms with Gasteiger partial charge in [0.25, 0.3) is 0 Å². The van der Waals surface area contributed by atoms with E-state index in [1.54, 1.807) is 0 Å². The molecule has 1 atom stereocenters. The second kappa shape index (κ2) is 8.13. The SMILES string of the molecule is COC1CCC(NCC(CC(C)C)N(C)C)CC1. The quantitative estimate of drug-likeness (QED) is 0.757. The first-order valence-electron chi connectivity index (χ1n) is 7.45. The highest BCUT2D eigenvalue weighted by Gasteiger charge is 2.22. The van der Waals surface area contributed by atoms with Crippen LogP contribution >= 0.6 is 0 Å². The van der Waals surface area contributed by atoms with E-state index in [1.807, 2.05) is 7.11 Å². The van der Waals surface area contributed by atoms with Gasteiger partial charge in [-0.1, -0.05) is 13.8 Å². The van der Waals surface area contributed by atoms with Gasteiger partial charge in [-0.05, 0) is 52.1 Å². The smallest absolute Gasteiger partial charge is 0.0572 e. The van der Waals surface area contributed by atoms with Crippen LogP contribution in [0.3, 0.4) is 0 Å². The highest BCUT2D eigenvalue weighted by atomic mass is 16.5. The number of methoxy groups -OCH3 is 1. The van der Waals surface area contributed by atoms with Crippen molar-refractivity contribution in [1.29, 1.82) is 0 Å². The first-order chi connectivity index (χ1) is 8.52. The number of nitrogens with one attached hydrogen (secondary N) is 1. The molecule has 0 saturated heterocycles.